The molecular formula is C15H18BrNO3. The maximum Gasteiger partial charge on any atom is 0.310 e. The van der Waals surface area contributed by atoms with Gasteiger partial charge in [0.2, 0.25) is 0 Å². The van der Waals surface area contributed by atoms with Crippen LogP contribution in [0.15, 0.2) is 28.7 Å². The van der Waals surface area contributed by atoms with E-state index in [1.165, 1.54) is 7.11 Å². The molecule has 2 rings (SSSR count). The fourth-order valence-corrected chi connectivity index (χ4v) is 2.60. The number of hydrogen-bond acceptors (Lipinski definition) is 3. The minimum atomic E-state index is -0.313. The van der Waals surface area contributed by atoms with Crippen molar-refractivity contribution < 1.29 is 14.3 Å². The highest BCUT2D eigenvalue weighted by atomic mass is 79.9. The molecule has 0 heterocycles. The average Bonchev–Trinajstić information content (AvgIpc) is 3.28. The quantitative estimate of drug-likeness (QED) is 0.775. The molecule has 0 aliphatic heterocycles. The van der Waals surface area contributed by atoms with Crippen LogP contribution in [0.3, 0.4) is 0 Å². The van der Waals surface area contributed by atoms with E-state index >= 15 is 0 Å². The second-order valence-corrected chi connectivity index (χ2v) is 5.95. The van der Waals surface area contributed by atoms with Gasteiger partial charge in [-0.3, -0.25) is 9.59 Å². The van der Waals surface area contributed by atoms with Crippen molar-refractivity contribution in [2.75, 3.05) is 13.7 Å². The summed E-state index contributed by atoms with van der Waals surface area (Å²) in [4.78, 5) is 26.0. The number of benzene rings is 1. The third-order valence-electron chi connectivity index (χ3n) is 3.43. The lowest BCUT2D eigenvalue weighted by Gasteiger charge is -2.25. The Morgan fingerprint density at radius 1 is 1.40 bits per heavy atom. The van der Waals surface area contributed by atoms with Crippen LogP contribution in [-0.4, -0.2) is 36.5 Å². The first-order chi connectivity index (χ1) is 9.54. The van der Waals surface area contributed by atoms with Gasteiger partial charge in [0.25, 0.3) is 5.91 Å². The molecule has 0 aromatic heterocycles. The number of ether oxygens (including phenoxy) is 1. The molecule has 1 aromatic rings. The minimum Gasteiger partial charge on any atom is -0.469 e. The van der Waals surface area contributed by atoms with Crippen molar-refractivity contribution in [3.8, 4) is 0 Å². The summed E-state index contributed by atoms with van der Waals surface area (Å²) in [7, 11) is 1.37. The molecule has 1 fully saturated rings. The predicted octanol–water partition coefficient (Wildman–Crippen LogP) is 2.86. The highest BCUT2D eigenvalue weighted by Gasteiger charge is 2.35. The molecular weight excluding hydrogens is 322 g/mol. The topological polar surface area (TPSA) is 46.6 Å². The minimum absolute atomic E-state index is 0.0317. The second kappa shape index (κ2) is 6.39. The van der Waals surface area contributed by atoms with Crippen molar-refractivity contribution in [3.63, 3.8) is 0 Å². The van der Waals surface area contributed by atoms with E-state index in [-0.39, 0.29) is 23.8 Å². The van der Waals surface area contributed by atoms with Crippen molar-refractivity contribution in [1.29, 1.82) is 0 Å². The van der Waals surface area contributed by atoms with Gasteiger partial charge in [-0.2, -0.15) is 0 Å². The summed E-state index contributed by atoms with van der Waals surface area (Å²) in [6.45, 7) is 2.19. The molecule has 0 radical (unpaired) electrons. The fourth-order valence-electron chi connectivity index (χ4n) is 2.14. The summed E-state index contributed by atoms with van der Waals surface area (Å²) < 4.78 is 5.52. The van der Waals surface area contributed by atoms with Crippen LogP contribution < -0.4 is 0 Å². The Bertz CT molecular complexity index is 514. The van der Waals surface area contributed by atoms with Gasteiger partial charge >= 0.3 is 5.97 Å². The molecule has 0 saturated heterocycles. The number of carbonyl (C=O) groups excluding carboxylic acids is 2. The Kier molecular flexibility index (Phi) is 4.81. The van der Waals surface area contributed by atoms with Gasteiger partial charge in [0.05, 0.1) is 18.6 Å². The Labute approximate surface area is 127 Å². The smallest absolute Gasteiger partial charge is 0.310 e. The molecule has 1 unspecified atom stereocenters. The van der Waals surface area contributed by atoms with E-state index < -0.39 is 0 Å². The van der Waals surface area contributed by atoms with Crippen LogP contribution >= 0.6 is 15.9 Å². The zero-order chi connectivity index (χ0) is 14.7. The standard InChI is InChI=1S/C15H18BrNO3/c1-10(15(19)20-2)9-17(11-7-8-11)14(18)12-5-3-4-6-13(12)16/h3-6,10-11H,7-9H2,1-2H3. The van der Waals surface area contributed by atoms with Gasteiger partial charge in [-0.05, 0) is 40.9 Å². The van der Waals surface area contributed by atoms with Gasteiger partial charge in [0.1, 0.15) is 0 Å². The van der Waals surface area contributed by atoms with Gasteiger partial charge < -0.3 is 9.64 Å². The summed E-state index contributed by atoms with van der Waals surface area (Å²) in [5, 5.41) is 0. The molecule has 1 aliphatic rings. The van der Waals surface area contributed by atoms with Crippen LogP contribution in [0.25, 0.3) is 0 Å². The van der Waals surface area contributed by atoms with Crippen LogP contribution in [0.1, 0.15) is 30.1 Å². The van der Waals surface area contributed by atoms with Crippen LogP contribution in [0, 0.1) is 5.92 Å². The number of esters is 1. The molecule has 1 atom stereocenters. The van der Waals surface area contributed by atoms with E-state index in [0.717, 1.165) is 17.3 Å². The van der Waals surface area contributed by atoms with Gasteiger partial charge in [-0.15, -0.1) is 0 Å². The Morgan fingerprint density at radius 2 is 2.05 bits per heavy atom. The molecule has 1 aromatic carbocycles. The maximum atomic E-state index is 12.6. The van der Waals surface area contributed by atoms with Gasteiger partial charge in [0, 0.05) is 17.1 Å². The SMILES string of the molecule is COC(=O)C(C)CN(C(=O)c1ccccc1Br)C1CC1. The third kappa shape index (κ3) is 3.39. The van der Waals surface area contributed by atoms with Gasteiger partial charge in [-0.25, -0.2) is 0 Å². The summed E-state index contributed by atoms with van der Waals surface area (Å²) in [6, 6.07) is 7.61. The summed E-state index contributed by atoms with van der Waals surface area (Å²) in [6.07, 6.45) is 2.01. The molecule has 1 aliphatic carbocycles. The molecule has 1 saturated carbocycles. The summed E-state index contributed by atoms with van der Waals surface area (Å²) in [5.74, 6) is -0.627. The first-order valence-electron chi connectivity index (χ1n) is 6.68. The molecule has 20 heavy (non-hydrogen) atoms. The van der Waals surface area contributed by atoms with Gasteiger partial charge in [-0.1, -0.05) is 19.1 Å². The monoisotopic (exact) mass is 339 g/mol. The van der Waals surface area contributed by atoms with Crippen LogP contribution in [0.2, 0.25) is 0 Å². The Balaban J connectivity index is 2.15. The Hall–Kier alpha value is -1.36. The first kappa shape index (κ1) is 15.0. The number of hydrogen-bond donors (Lipinski definition) is 0. The highest BCUT2D eigenvalue weighted by Crippen LogP contribution is 2.30. The summed E-state index contributed by atoms with van der Waals surface area (Å²) in [5.41, 5.74) is 0.636. The largest absolute Gasteiger partial charge is 0.469 e. The molecule has 5 heteroatoms. The molecule has 0 spiro atoms. The van der Waals surface area contributed by atoms with Crippen molar-refractivity contribution in [1.82, 2.24) is 4.90 Å². The van der Waals surface area contributed by atoms with E-state index in [0.29, 0.717) is 12.1 Å². The molecule has 0 N–H and O–H groups in total. The lowest BCUT2D eigenvalue weighted by molar-refractivity contribution is -0.145. The number of halogens is 1. The summed E-state index contributed by atoms with van der Waals surface area (Å²) >= 11 is 3.40. The van der Waals surface area contributed by atoms with E-state index in [9.17, 15) is 9.59 Å². The van der Waals surface area contributed by atoms with Crippen LogP contribution in [0.5, 0.6) is 0 Å². The average molecular weight is 340 g/mol. The molecule has 108 valence electrons. The second-order valence-electron chi connectivity index (χ2n) is 5.09. The lowest BCUT2D eigenvalue weighted by atomic mass is 10.1. The number of rotatable bonds is 5. The number of carbonyl (C=O) groups is 2. The van der Waals surface area contributed by atoms with Crippen LogP contribution in [0.4, 0.5) is 0 Å². The molecule has 4 nitrogen and oxygen atoms in total. The number of amides is 1. The molecule has 1 amide bonds. The number of methoxy groups -OCH3 is 1. The van der Waals surface area contributed by atoms with E-state index in [1.807, 2.05) is 18.2 Å². The van der Waals surface area contributed by atoms with Crippen molar-refractivity contribution >= 4 is 27.8 Å². The third-order valence-corrected chi connectivity index (χ3v) is 4.12. The van der Waals surface area contributed by atoms with E-state index in [1.54, 1.807) is 17.9 Å². The van der Waals surface area contributed by atoms with Crippen molar-refractivity contribution in [2.24, 2.45) is 5.92 Å². The fraction of sp³-hybridized carbons (Fsp3) is 0.467. The van der Waals surface area contributed by atoms with Crippen LogP contribution in [-0.2, 0) is 9.53 Å². The Morgan fingerprint density at radius 3 is 2.60 bits per heavy atom. The first-order valence-corrected chi connectivity index (χ1v) is 7.47. The van der Waals surface area contributed by atoms with Crippen molar-refractivity contribution in [2.45, 2.75) is 25.8 Å². The number of nitrogens with zero attached hydrogens (tertiary/aromatic N) is 1. The normalized spacial score (nSPS) is 15.6. The predicted molar refractivity (Wildman–Crippen MR) is 79.4 cm³/mol. The van der Waals surface area contributed by atoms with Gasteiger partial charge in [0.15, 0.2) is 0 Å². The zero-order valence-corrected chi connectivity index (χ0v) is 13.2. The van der Waals surface area contributed by atoms with E-state index in [2.05, 4.69) is 15.9 Å². The highest BCUT2D eigenvalue weighted by molar-refractivity contribution is 9.10. The zero-order valence-electron chi connectivity index (χ0n) is 11.6. The van der Waals surface area contributed by atoms with Crippen molar-refractivity contribution in [3.05, 3.63) is 34.3 Å². The lowest BCUT2D eigenvalue weighted by Crippen LogP contribution is -2.39. The molecule has 0 bridgehead atoms. The van der Waals surface area contributed by atoms with E-state index in [4.69, 9.17) is 4.74 Å². The maximum absolute atomic E-state index is 12.6.